The lowest BCUT2D eigenvalue weighted by Crippen LogP contribution is -2.75. The van der Waals surface area contributed by atoms with Crippen molar-refractivity contribution in [2.45, 2.75) is 241 Å². The van der Waals surface area contributed by atoms with Crippen molar-refractivity contribution in [2.24, 2.45) is 50.2 Å². The molecule has 24 nitrogen and oxygen atoms in total. The quantitative estimate of drug-likeness (QED) is 0.0553. The third-order valence-electron chi connectivity index (χ3n) is 22.2. The Bertz CT molecular complexity index is 2170. The maximum absolute atomic E-state index is 12.9. The first-order chi connectivity index (χ1) is 36.6. The van der Waals surface area contributed by atoms with E-state index >= 15 is 0 Å². The highest BCUT2D eigenvalue weighted by atomic mass is 16.8. The molecular weight excluding hydrogens is 1030 g/mol. The molecule has 30 atom stereocenters. The van der Waals surface area contributed by atoms with Gasteiger partial charge in [-0.05, 0) is 85.9 Å². The van der Waals surface area contributed by atoms with E-state index in [4.69, 9.17) is 47.4 Å². The minimum Gasteiger partial charge on any atom is -0.462 e. The molecule has 0 aromatic heterocycles. The van der Waals surface area contributed by atoms with Gasteiger partial charge in [-0.2, -0.15) is 0 Å². The first kappa shape index (κ1) is 59.5. The SMILES string of the molecule is CC(=O)O[C@@H]1C[C@](C)(C=O)C[C@H]2[C@]13CO[C@@]21CC[C@@H]2[C@@]4(C)CC[C@@H](O[C@@H]5OC[C@H](O[C@@H]6O[C@H](CO)[C@@H](O)[C@H](O)[C@H]6O[C@@H]6OC[C@@H](O)[C@H](O)[C@H]6O)[C@H](O)[C@H]5O[C@@H]5O[C@H](CO)[C@@H](O)[C@H](O)[C@H]5O)C(C)(C)[C@@H]4CC[C@@]2(C)[C@]1(C)C[C@H]3O. The Labute approximate surface area is 453 Å². The molecule has 0 aromatic rings. The summed E-state index contributed by atoms with van der Waals surface area (Å²) in [5, 5.41) is 131. The first-order valence-corrected chi connectivity index (χ1v) is 28.1. The number of carbonyl (C=O) groups is 2. The molecule has 78 heavy (non-hydrogen) atoms. The standard InChI is InChI=1S/C54H86O24/c1-23(58)72-33-16-49(4,21-57)14-30-53(33)22-71-54(30)13-9-29-50(5)11-10-32(48(2,3)28(50)8-12-51(29,6)52(54,7)15-31(53)60)76-46-42(78-45-41(68)38(65)35(62)25(17-55)73-45)37(64)27(20-70-46)75-47-43(39(66)36(63)26(18-56)74-47)77-44-40(67)34(61)24(59)19-69-44/h21,24-47,55-56,59-68H,8-20,22H2,1-7H3/t24-,25-,26-,27+,28+,29-,30+,31-,32-,33-,34+,35-,36-,37+,38+,39+,40-,41-,42-,43-,44+,45+,46+,47+,49-,50+,51-,52+,53+,54+/m1/s1. The molecule has 0 radical (unpaired) electrons. The number of hydrogen-bond donors (Lipinski definition) is 12. The Hall–Kier alpha value is -1.70. The fourth-order valence-electron chi connectivity index (χ4n) is 17.9. The van der Waals surface area contributed by atoms with Crippen molar-refractivity contribution in [1.29, 1.82) is 0 Å². The second kappa shape index (κ2) is 21.1. The lowest BCUT2D eigenvalue weighted by atomic mass is 9.30. The van der Waals surface area contributed by atoms with E-state index in [1.807, 2.05) is 6.92 Å². The van der Waals surface area contributed by atoms with Crippen molar-refractivity contribution in [2.75, 3.05) is 33.0 Å². The molecule has 12 N–H and O–H groups in total. The molecule has 0 aromatic carbocycles. The predicted molar refractivity (Wildman–Crippen MR) is 261 cm³/mol. The van der Waals surface area contributed by atoms with Gasteiger partial charge in [0, 0.05) is 23.7 Å². The number of hydrogen-bond acceptors (Lipinski definition) is 24. The van der Waals surface area contributed by atoms with E-state index in [1.165, 1.54) is 6.92 Å². The Kier molecular flexibility index (Phi) is 16.1. The van der Waals surface area contributed by atoms with Gasteiger partial charge in [0.05, 0.1) is 56.3 Å². The number of fused-ring (bicyclic) bond motifs is 4. The summed E-state index contributed by atoms with van der Waals surface area (Å²) in [6.45, 7) is 12.3. The van der Waals surface area contributed by atoms with Crippen LogP contribution in [-0.4, -0.2) is 241 Å². The zero-order chi connectivity index (χ0) is 56.6. The van der Waals surface area contributed by atoms with E-state index in [2.05, 4.69) is 34.6 Å². The predicted octanol–water partition coefficient (Wildman–Crippen LogP) is -2.35. The van der Waals surface area contributed by atoms with Gasteiger partial charge in [0.25, 0.3) is 0 Å². The number of aldehydes is 1. The van der Waals surface area contributed by atoms with Crippen LogP contribution in [0.15, 0.2) is 0 Å². The molecule has 446 valence electrons. The van der Waals surface area contributed by atoms with Crippen LogP contribution in [0.1, 0.15) is 106 Å². The topological polar surface area (TPSA) is 369 Å². The minimum absolute atomic E-state index is 0.0602. The maximum atomic E-state index is 12.9. The summed E-state index contributed by atoms with van der Waals surface area (Å²) in [6.07, 6.45) is -25.8. The van der Waals surface area contributed by atoms with Crippen molar-refractivity contribution in [3.63, 3.8) is 0 Å². The van der Waals surface area contributed by atoms with Gasteiger partial charge >= 0.3 is 5.97 Å². The fourth-order valence-corrected chi connectivity index (χ4v) is 17.9. The van der Waals surface area contributed by atoms with Crippen molar-refractivity contribution >= 4 is 12.3 Å². The van der Waals surface area contributed by atoms with Crippen LogP contribution in [0, 0.1) is 50.2 Å². The van der Waals surface area contributed by atoms with Gasteiger partial charge in [-0.15, -0.1) is 0 Å². The second-order valence-electron chi connectivity index (χ2n) is 26.5. The molecule has 5 saturated carbocycles. The van der Waals surface area contributed by atoms with Gasteiger partial charge in [-0.3, -0.25) is 4.79 Å². The van der Waals surface area contributed by atoms with Crippen molar-refractivity contribution in [3.8, 4) is 0 Å². The van der Waals surface area contributed by atoms with Gasteiger partial charge in [0.2, 0.25) is 0 Å². The van der Waals surface area contributed by atoms with Gasteiger partial charge in [-0.1, -0.05) is 41.5 Å². The molecule has 10 aliphatic rings. The van der Waals surface area contributed by atoms with Crippen LogP contribution in [0.25, 0.3) is 0 Å². The van der Waals surface area contributed by atoms with E-state index in [0.29, 0.717) is 38.5 Å². The lowest BCUT2D eigenvalue weighted by molar-refractivity contribution is -0.392. The first-order valence-electron chi connectivity index (χ1n) is 28.1. The van der Waals surface area contributed by atoms with Crippen LogP contribution < -0.4 is 0 Å². The van der Waals surface area contributed by atoms with E-state index < -0.39 is 189 Å². The average molecular weight is 1120 g/mol. The van der Waals surface area contributed by atoms with Crippen LogP contribution in [0.3, 0.4) is 0 Å². The van der Waals surface area contributed by atoms with Crippen molar-refractivity contribution in [3.05, 3.63) is 0 Å². The molecule has 10 rings (SSSR count). The number of aliphatic hydroxyl groups excluding tert-OH is 12. The summed E-state index contributed by atoms with van der Waals surface area (Å²) in [5.41, 5.74) is -4.04. The molecule has 5 aliphatic carbocycles. The highest BCUT2D eigenvalue weighted by Gasteiger charge is 2.82. The molecule has 5 saturated heterocycles. The minimum atomic E-state index is -1.91. The van der Waals surface area contributed by atoms with Crippen LogP contribution in [0.4, 0.5) is 0 Å². The van der Waals surface area contributed by atoms with Crippen molar-refractivity contribution in [1.82, 2.24) is 0 Å². The summed E-state index contributed by atoms with van der Waals surface area (Å²) >= 11 is 0. The zero-order valence-corrected chi connectivity index (χ0v) is 45.6. The summed E-state index contributed by atoms with van der Waals surface area (Å²) in [4.78, 5) is 25.5. The lowest BCUT2D eigenvalue weighted by Gasteiger charge is -2.75. The van der Waals surface area contributed by atoms with E-state index in [1.54, 1.807) is 0 Å². The van der Waals surface area contributed by atoms with E-state index in [9.17, 15) is 70.9 Å². The van der Waals surface area contributed by atoms with Gasteiger partial charge in [-0.25, -0.2) is 0 Å². The number of carbonyl (C=O) groups excluding carboxylic acids is 2. The van der Waals surface area contributed by atoms with Gasteiger partial charge < -0.3 is 113 Å². The molecule has 0 amide bonds. The maximum Gasteiger partial charge on any atom is 0.302 e. The average Bonchev–Trinajstić information content (AvgIpc) is 3.65. The zero-order valence-electron chi connectivity index (χ0n) is 45.6. The highest BCUT2D eigenvalue weighted by molar-refractivity contribution is 5.67. The van der Waals surface area contributed by atoms with Crippen LogP contribution in [0.5, 0.6) is 0 Å². The normalized spacial score (nSPS) is 56.6. The Balaban J connectivity index is 0.906. The Morgan fingerprint density at radius 3 is 1.87 bits per heavy atom. The smallest absolute Gasteiger partial charge is 0.302 e. The molecule has 2 bridgehead atoms. The van der Waals surface area contributed by atoms with Crippen LogP contribution >= 0.6 is 0 Å². The molecule has 0 unspecified atom stereocenters. The summed E-state index contributed by atoms with van der Waals surface area (Å²) in [7, 11) is 0. The van der Waals surface area contributed by atoms with Gasteiger partial charge in [0.1, 0.15) is 97.8 Å². The molecule has 24 heteroatoms. The molecular formula is C54H86O24. The molecule has 10 fully saturated rings. The summed E-state index contributed by atoms with van der Waals surface area (Å²) < 4.78 is 61.9. The Morgan fingerprint density at radius 1 is 0.590 bits per heavy atom. The molecule has 5 aliphatic heterocycles. The number of esters is 1. The number of aliphatic hydroxyl groups is 12. The summed E-state index contributed by atoms with van der Waals surface area (Å²) in [6, 6.07) is 0. The van der Waals surface area contributed by atoms with Gasteiger partial charge in [0.15, 0.2) is 25.2 Å². The van der Waals surface area contributed by atoms with Crippen molar-refractivity contribution < 1.29 is 118 Å². The van der Waals surface area contributed by atoms with Crippen LogP contribution in [-0.2, 0) is 57.0 Å². The largest absolute Gasteiger partial charge is 0.462 e. The monoisotopic (exact) mass is 1120 g/mol. The van der Waals surface area contributed by atoms with E-state index in [0.717, 1.165) is 25.5 Å². The molecule has 5 heterocycles. The summed E-state index contributed by atoms with van der Waals surface area (Å²) in [5.74, 6) is -0.472. The second-order valence-corrected chi connectivity index (χ2v) is 26.5. The third kappa shape index (κ3) is 8.94. The fraction of sp³-hybridized carbons (Fsp3) is 0.963. The number of rotatable bonds is 12. The number of ether oxygens (including phenoxy) is 10. The molecule has 1 spiro atoms. The third-order valence-corrected chi connectivity index (χ3v) is 22.2. The Morgan fingerprint density at radius 2 is 1.21 bits per heavy atom. The van der Waals surface area contributed by atoms with E-state index in [-0.39, 0.29) is 35.2 Å². The highest BCUT2D eigenvalue weighted by Crippen LogP contribution is 2.81. The van der Waals surface area contributed by atoms with Crippen LogP contribution in [0.2, 0.25) is 0 Å².